The molecule has 3 nitrogen and oxygen atoms in total. The van der Waals surface area contributed by atoms with Crippen molar-refractivity contribution in [3.05, 3.63) is 0 Å². The molecule has 0 atom stereocenters. The third-order valence-corrected chi connectivity index (χ3v) is 3.69. The number of ether oxygens (including phenoxy) is 1. The van der Waals surface area contributed by atoms with Crippen molar-refractivity contribution in [2.45, 2.75) is 37.6 Å². The number of nitrogens with one attached hydrogen (secondary N) is 1. The second-order valence-corrected chi connectivity index (χ2v) is 4.98. The summed E-state index contributed by atoms with van der Waals surface area (Å²) in [4.78, 5) is 2.08. The molecule has 0 amide bonds. The number of nitrogens with zero attached hydrogens (tertiary/aromatic N) is 1. The molecule has 2 fully saturated rings. The highest BCUT2D eigenvalue weighted by atomic mass is 19.4. The molecule has 1 aliphatic carbocycles. The van der Waals surface area contributed by atoms with Crippen molar-refractivity contribution >= 4 is 0 Å². The van der Waals surface area contributed by atoms with Crippen LogP contribution in [-0.2, 0) is 4.74 Å². The third-order valence-electron chi connectivity index (χ3n) is 3.69. The minimum absolute atomic E-state index is 0.163. The molecule has 17 heavy (non-hydrogen) atoms. The van der Waals surface area contributed by atoms with Gasteiger partial charge in [-0.25, -0.2) is 0 Å². The smallest absolute Gasteiger partial charge is 0.309 e. The summed E-state index contributed by atoms with van der Waals surface area (Å²) < 4.78 is 39.4. The maximum atomic E-state index is 11.9. The Morgan fingerprint density at radius 3 is 2.59 bits per heavy atom. The van der Waals surface area contributed by atoms with Crippen LogP contribution in [0.4, 0.5) is 13.2 Å². The number of halogens is 3. The highest BCUT2D eigenvalue weighted by Crippen LogP contribution is 2.31. The van der Waals surface area contributed by atoms with Crippen molar-refractivity contribution in [3.63, 3.8) is 0 Å². The molecule has 0 radical (unpaired) electrons. The molecular weight excluding hydrogens is 233 g/mol. The van der Waals surface area contributed by atoms with E-state index in [0.29, 0.717) is 6.54 Å². The van der Waals surface area contributed by atoms with Gasteiger partial charge in [-0.05, 0) is 12.8 Å². The van der Waals surface area contributed by atoms with Crippen molar-refractivity contribution in [1.82, 2.24) is 10.2 Å². The van der Waals surface area contributed by atoms with Gasteiger partial charge in [0.05, 0.1) is 6.61 Å². The van der Waals surface area contributed by atoms with Crippen LogP contribution in [0.25, 0.3) is 0 Å². The Morgan fingerprint density at radius 1 is 1.24 bits per heavy atom. The van der Waals surface area contributed by atoms with E-state index in [2.05, 4.69) is 15.0 Å². The lowest BCUT2D eigenvalue weighted by Crippen LogP contribution is -2.59. The van der Waals surface area contributed by atoms with Gasteiger partial charge in [0.15, 0.2) is 0 Å². The van der Waals surface area contributed by atoms with Crippen molar-refractivity contribution in [1.29, 1.82) is 0 Å². The monoisotopic (exact) mass is 252 g/mol. The van der Waals surface area contributed by atoms with Crippen LogP contribution in [0, 0.1) is 0 Å². The topological polar surface area (TPSA) is 24.5 Å². The van der Waals surface area contributed by atoms with E-state index < -0.39 is 6.36 Å². The standard InChI is InChI=1S/C11H19F3N2O/c12-11(13,14)17-8-7-16-6-5-15-10(9-16)3-1-2-4-10/h15H,1-9H2. The first-order valence-corrected chi connectivity index (χ1v) is 6.17. The lowest BCUT2D eigenvalue weighted by Gasteiger charge is -2.41. The maximum absolute atomic E-state index is 11.9. The first kappa shape index (κ1) is 13.1. The summed E-state index contributed by atoms with van der Waals surface area (Å²) in [6, 6.07) is 0. The van der Waals surface area contributed by atoms with Crippen LogP contribution in [0.15, 0.2) is 0 Å². The van der Waals surface area contributed by atoms with Crippen molar-refractivity contribution in [2.75, 3.05) is 32.8 Å². The largest absolute Gasteiger partial charge is 0.522 e. The van der Waals surface area contributed by atoms with Crippen LogP contribution >= 0.6 is 0 Å². The van der Waals surface area contributed by atoms with Crippen molar-refractivity contribution < 1.29 is 17.9 Å². The molecule has 1 aliphatic heterocycles. The zero-order chi connectivity index (χ0) is 12.4. The van der Waals surface area contributed by atoms with Gasteiger partial charge in [0.2, 0.25) is 0 Å². The average Bonchev–Trinajstić information content (AvgIpc) is 2.64. The maximum Gasteiger partial charge on any atom is 0.522 e. The normalized spacial score (nSPS) is 25.6. The summed E-state index contributed by atoms with van der Waals surface area (Å²) in [5.41, 5.74) is 0.163. The fraction of sp³-hybridized carbons (Fsp3) is 1.00. The molecular formula is C11H19F3N2O. The zero-order valence-electron chi connectivity index (χ0n) is 9.85. The van der Waals surface area contributed by atoms with Crippen LogP contribution in [-0.4, -0.2) is 49.6 Å². The molecule has 2 rings (SSSR count). The van der Waals surface area contributed by atoms with Gasteiger partial charge in [-0.3, -0.25) is 9.64 Å². The van der Waals surface area contributed by atoms with Crippen LogP contribution in [0.2, 0.25) is 0 Å². The molecule has 1 N–H and O–H groups in total. The molecule has 1 spiro atoms. The summed E-state index contributed by atoms with van der Waals surface area (Å²) in [5.74, 6) is 0. The van der Waals surface area contributed by atoms with E-state index in [1.807, 2.05) is 0 Å². The fourth-order valence-electron chi connectivity index (χ4n) is 2.91. The van der Waals surface area contributed by atoms with Crippen LogP contribution in [0.3, 0.4) is 0 Å². The highest BCUT2D eigenvalue weighted by molar-refractivity contribution is 4.98. The SMILES string of the molecule is FC(F)(F)OCCN1CCNC2(CCCC2)C1. The molecule has 0 aromatic rings. The Bertz CT molecular complexity index is 252. The van der Waals surface area contributed by atoms with Gasteiger partial charge >= 0.3 is 6.36 Å². The Balaban J connectivity index is 1.74. The lowest BCUT2D eigenvalue weighted by atomic mass is 9.94. The molecule has 2 aliphatic rings. The number of rotatable bonds is 3. The number of alkyl halides is 3. The molecule has 1 heterocycles. The van der Waals surface area contributed by atoms with Gasteiger partial charge < -0.3 is 5.32 Å². The predicted octanol–water partition coefficient (Wildman–Crippen LogP) is 1.74. The second-order valence-electron chi connectivity index (χ2n) is 4.98. The number of hydrogen-bond acceptors (Lipinski definition) is 3. The minimum Gasteiger partial charge on any atom is -0.309 e. The van der Waals surface area contributed by atoms with Crippen LogP contribution < -0.4 is 5.32 Å². The van der Waals surface area contributed by atoms with E-state index in [-0.39, 0.29) is 12.1 Å². The van der Waals surface area contributed by atoms with Crippen LogP contribution in [0.5, 0.6) is 0 Å². The van der Waals surface area contributed by atoms with E-state index in [1.165, 1.54) is 12.8 Å². The van der Waals surface area contributed by atoms with E-state index in [4.69, 9.17) is 0 Å². The van der Waals surface area contributed by atoms with Crippen LogP contribution in [0.1, 0.15) is 25.7 Å². The predicted molar refractivity (Wildman–Crippen MR) is 57.6 cm³/mol. The molecule has 0 bridgehead atoms. The second kappa shape index (κ2) is 5.12. The van der Waals surface area contributed by atoms with E-state index in [0.717, 1.165) is 32.5 Å². The van der Waals surface area contributed by atoms with E-state index in [1.54, 1.807) is 0 Å². The number of hydrogen-bond donors (Lipinski definition) is 1. The Hall–Kier alpha value is -0.330. The third kappa shape index (κ3) is 3.82. The van der Waals surface area contributed by atoms with Crippen molar-refractivity contribution in [2.24, 2.45) is 0 Å². The molecule has 100 valence electrons. The molecule has 6 heteroatoms. The van der Waals surface area contributed by atoms with Gasteiger partial charge in [-0.15, -0.1) is 13.2 Å². The first-order chi connectivity index (χ1) is 7.99. The summed E-state index contributed by atoms with van der Waals surface area (Å²) in [7, 11) is 0. The molecule has 1 saturated carbocycles. The highest BCUT2D eigenvalue weighted by Gasteiger charge is 2.37. The minimum atomic E-state index is -4.50. The summed E-state index contributed by atoms with van der Waals surface area (Å²) >= 11 is 0. The Labute approximate surface area is 99.3 Å². The molecule has 0 aromatic carbocycles. The quantitative estimate of drug-likeness (QED) is 0.828. The van der Waals surface area contributed by atoms with Crippen molar-refractivity contribution in [3.8, 4) is 0 Å². The van der Waals surface area contributed by atoms with Gasteiger partial charge in [0.1, 0.15) is 0 Å². The summed E-state index contributed by atoms with van der Waals surface area (Å²) in [5, 5.41) is 3.53. The summed E-state index contributed by atoms with van der Waals surface area (Å²) in [6.07, 6.45) is 0.228. The fourth-order valence-corrected chi connectivity index (χ4v) is 2.91. The van der Waals surface area contributed by atoms with Gasteiger partial charge in [0.25, 0.3) is 0 Å². The zero-order valence-corrected chi connectivity index (χ0v) is 9.85. The Morgan fingerprint density at radius 2 is 1.94 bits per heavy atom. The van der Waals surface area contributed by atoms with E-state index >= 15 is 0 Å². The summed E-state index contributed by atoms with van der Waals surface area (Å²) in [6.45, 7) is 2.63. The average molecular weight is 252 g/mol. The molecule has 0 aromatic heterocycles. The number of piperazine rings is 1. The molecule has 0 unspecified atom stereocenters. The lowest BCUT2D eigenvalue weighted by molar-refractivity contribution is -0.325. The first-order valence-electron chi connectivity index (χ1n) is 6.17. The van der Waals surface area contributed by atoms with E-state index in [9.17, 15) is 13.2 Å². The Kier molecular flexibility index (Phi) is 3.95. The van der Waals surface area contributed by atoms with Gasteiger partial charge in [-0.1, -0.05) is 12.8 Å². The van der Waals surface area contributed by atoms with Gasteiger partial charge in [-0.2, -0.15) is 0 Å². The molecule has 1 saturated heterocycles. The van der Waals surface area contributed by atoms with Gasteiger partial charge in [0, 0.05) is 31.7 Å².